The average molecular weight is 345 g/mol. The normalized spacial score (nSPS) is 11.7. The molecule has 0 atom stereocenters. The number of rotatable bonds is 1. The molecule has 6 aromatic rings. The number of hydrogen-bond acceptors (Lipinski definition) is 2. The molecule has 6 rings (SSSR count). The minimum Gasteiger partial charge on any atom is -0.292 e. The molecule has 0 saturated heterocycles. The SMILES string of the molecule is c1ccc2c(c1)c1ccccc1n1c3ccc(-c4ccncc4)cc3nc21. The fraction of sp³-hybridized carbons (Fsp3) is 0. The highest BCUT2D eigenvalue weighted by Gasteiger charge is 2.13. The summed E-state index contributed by atoms with van der Waals surface area (Å²) in [6.07, 6.45) is 3.65. The van der Waals surface area contributed by atoms with Gasteiger partial charge in [-0.15, -0.1) is 0 Å². The summed E-state index contributed by atoms with van der Waals surface area (Å²) >= 11 is 0. The maximum Gasteiger partial charge on any atom is 0.146 e. The first kappa shape index (κ1) is 14.4. The second-order valence-electron chi connectivity index (χ2n) is 6.77. The Morgan fingerprint density at radius 1 is 0.593 bits per heavy atom. The highest BCUT2D eigenvalue weighted by atomic mass is 15.0. The van der Waals surface area contributed by atoms with Gasteiger partial charge >= 0.3 is 0 Å². The Kier molecular flexibility index (Phi) is 2.88. The molecule has 0 aliphatic heterocycles. The number of benzene rings is 3. The summed E-state index contributed by atoms with van der Waals surface area (Å²) < 4.78 is 2.28. The van der Waals surface area contributed by atoms with Crippen LogP contribution in [0.4, 0.5) is 0 Å². The van der Waals surface area contributed by atoms with E-state index in [-0.39, 0.29) is 0 Å². The van der Waals surface area contributed by atoms with E-state index in [0.29, 0.717) is 0 Å². The lowest BCUT2D eigenvalue weighted by Crippen LogP contribution is -1.90. The average Bonchev–Trinajstić information content (AvgIpc) is 3.14. The molecule has 0 N–H and O–H groups in total. The molecule has 3 heteroatoms. The van der Waals surface area contributed by atoms with Crippen molar-refractivity contribution in [3.05, 3.63) is 91.3 Å². The predicted octanol–water partition coefficient (Wildman–Crippen LogP) is 5.86. The van der Waals surface area contributed by atoms with E-state index >= 15 is 0 Å². The molecule has 3 nitrogen and oxygen atoms in total. The Labute approximate surface area is 155 Å². The molecular formula is C24H15N3. The maximum atomic E-state index is 5.03. The second-order valence-corrected chi connectivity index (χ2v) is 6.77. The van der Waals surface area contributed by atoms with Crippen LogP contribution in [0.2, 0.25) is 0 Å². The molecule has 0 aliphatic carbocycles. The molecular weight excluding hydrogens is 330 g/mol. The van der Waals surface area contributed by atoms with E-state index in [1.807, 2.05) is 24.5 Å². The highest BCUT2D eigenvalue weighted by Crippen LogP contribution is 2.33. The van der Waals surface area contributed by atoms with Gasteiger partial charge in [-0.05, 0) is 46.8 Å². The van der Waals surface area contributed by atoms with Crippen LogP contribution in [-0.2, 0) is 0 Å². The zero-order valence-electron chi connectivity index (χ0n) is 14.5. The number of fused-ring (bicyclic) bond motifs is 8. The van der Waals surface area contributed by atoms with Gasteiger partial charge in [-0.1, -0.05) is 48.5 Å². The van der Waals surface area contributed by atoms with Crippen LogP contribution in [0.1, 0.15) is 0 Å². The van der Waals surface area contributed by atoms with Gasteiger partial charge in [-0.25, -0.2) is 4.98 Å². The van der Waals surface area contributed by atoms with Gasteiger partial charge in [0.1, 0.15) is 5.65 Å². The van der Waals surface area contributed by atoms with Crippen LogP contribution >= 0.6 is 0 Å². The molecule has 126 valence electrons. The van der Waals surface area contributed by atoms with E-state index < -0.39 is 0 Å². The number of pyridine rings is 2. The van der Waals surface area contributed by atoms with Crippen molar-refractivity contribution in [3.8, 4) is 11.1 Å². The van der Waals surface area contributed by atoms with Crippen molar-refractivity contribution in [3.63, 3.8) is 0 Å². The zero-order chi connectivity index (χ0) is 17.8. The highest BCUT2D eigenvalue weighted by molar-refractivity contribution is 6.13. The lowest BCUT2D eigenvalue weighted by atomic mass is 10.1. The molecule has 0 saturated carbocycles. The summed E-state index contributed by atoms with van der Waals surface area (Å²) in [5, 5.41) is 3.67. The number of para-hydroxylation sites is 1. The third-order valence-electron chi connectivity index (χ3n) is 5.27. The number of hydrogen-bond donors (Lipinski definition) is 0. The van der Waals surface area contributed by atoms with Crippen LogP contribution in [0, 0.1) is 0 Å². The molecule has 0 unspecified atom stereocenters. The fourth-order valence-electron chi connectivity index (χ4n) is 4.04. The van der Waals surface area contributed by atoms with E-state index in [1.165, 1.54) is 21.7 Å². The van der Waals surface area contributed by atoms with Gasteiger partial charge in [0.15, 0.2) is 0 Å². The Hall–Kier alpha value is -3.72. The van der Waals surface area contributed by atoms with Crippen LogP contribution in [-0.4, -0.2) is 14.4 Å². The van der Waals surface area contributed by atoms with E-state index in [2.05, 4.69) is 76.1 Å². The largest absolute Gasteiger partial charge is 0.292 e. The van der Waals surface area contributed by atoms with E-state index in [1.54, 1.807) is 0 Å². The number of nitrogens with zero attached hydrogens (tertiary/aromatic N) is 3. The van der Waals surface area contributed by atoms with Gasteiger partial charge in [-0.2, -0.15) is 0 Å². The first-order chi connectivity index (χ1) is 13.4. The quantitative estimate of drug-likeness (QED) is 0.350. The monoisotopic (exact) mass is 345 g/mol. The predicted molar refractivity (Wildman–Crippen MR) is 111 cm³/mol. The third kappa shape index (κ3) is 2.02. The van der Waals surface area contributed by atoms with Crippen molar-refractivity contribution < 1.29 is 0 Å². The molecule has 27 heavy (non-hydrogen) atoms. The molecule has 3 aromatic heterocycles. The summed E-state index contributed by atoms with van der Waals surface area (Å²) in [5.41, 5.74) is 6.63. The standard InChI is InChI=1S/C24H15N3/c1-2-7-20-18(5-1)19-6-3-4-8-22(19)27-23-10-9-17(15-21(23)26-24(20)27)16-11-13-25-14-12-16/h1-15H. The van der Waals surface area contributed by atoms with Crippen molar-refractivity contribution >= 4 is 38.4 Å². The molecule has 0 amide bonds. The van der Waals surface area contributed by atoms with Gasteiger partial charge in [0, 0.05) is 23.2 Å². The van der Waals surface area contributed by atoms with E-state index in [0.717, 1.165) is 27.8 Å². The van der Waals surface area contributed by atoms with E-state index in [4.69, 9.17) is 4.98 Å². The zero-order valence-corrected chi connectivity index (χ0v) is 14.5. The van der Waals surface area contributed by atoms with Gasteiger partial charge < -0.3 is 0 Å². The molecule has 0 bridgehead atoms. The van der Waals surface area contributed by atoms with Crippen LogP contribution < -0.4 is 0 Å². The van der Waals surface area contributed by atoms with E-state index in [9.17, 15) is 0 Å². The number of aromatic nitrogens is 3. The topological polar surface area (TPSA) is 30.2 Å². The van der Waals surface area contributed by atoms with Gasteiger partial charge in [0.2, 0.25) is 0 Å². The lowest BCUT2D eigenvalue weighted by Gasteiger charge is -2.08. The number of imidazole rings is 1. The summed E-state index contributed by atoms with van der Waals surface area (Å²) in [4.78, 5) is 9.14. The van der Waals surface area contributed by atoms with Crippen molar-refractivity contribution in [2.75, 3.05) is 0 Å². The second kappa shape index (κ2) is 5.39. The smallest absolute Gasteiger partial charge is 0.146 e. The fourth-order valence-corrected chi connectivity index (χ4v) is 4.04. The van der Waals surface area contributed by atoms with Gasteiger partial charge in [0.25, 0.3) is 0 Å². The summed E-state index contributed by atoms with van der Waals surface area (Å²) in [6.45, 7) is 0. The van der Waals surface area contributed by atoms with Crippen LogP contribution in [0.15, 0.2) is 91.3 Å². The maximum absolute atomic E-state index is 5.03. The van der Waals surface area contributed by atoms with Crippen LogP contribution in [0.5, 0.6) is 0 Å². The summed E-state index contributed by atoms with van der Waals surface area (Å²) in [5.74, 6) is 0. The minimum atomic E-state index is 1.01. The van der Waals surface area contributed by atoms with Gasteiger partial charge in [0.05, 0.1) is 16.6 Å². The Morgan fingerprint density at radius 2 is 1.33 bits per heavy atom. The Morgan fingerprint density at radius 3 is 2.19 bits per heavy atom. The van der Waals surface area contributed by atoms with Crippen LogP contribution in [0.25, 0.3) is 49.5 Å². The third-order valence-corrected chi connectivity index (χ3v) is 5.27. The molecule has 0 radical (unpaired) electrons. The van der Waals surface area contributed by atoms with Crippen LogP contribution in [0.3, 0.4) is 0 Å². The first-order valence-electron chi connectivity index (χ1n) is 9.02. The minimum absolute atomic E-state index is 1.01. The lowest BCUT2D eigenvalue weighted by molar-refractivity contribution is 1.31. The molecule has 0 aliphatic rings. The molecule has 0 spiro atoms. The molecule has 0 fully saturated rings. The van der Waals surface area contributed by atoms with Crippen molar-refractivity contribution in [1.82, 2.24) is 14.4 Å². The summed E-state index contributed by atoms with van der Waals surface area (Å²) in [6, 6.07) is 27.6. The first-order valence-corrected chi connectivity index (χ1v) is 9.02. The Bertz CT molecular complexity index is 1460. The van der Waals surface area contributed by atoms with Gasteiger partial charge in [-0.3, -0.25) is 9.38 Å². The molecule has 3 aromatic carbocycles. The van der Waals surface area contributed by atoms with Crippen molar-refractivity contribution in [2.24, 2.45) is 0 Å². The van der Waals surface area contributed by atoms with Crippen molar-refractivity contribution in [1.29, 1.82) is 0 Å². The molecule has 3 heterocycles. The van der Waals surface area contributed by atoms with Crippen molar-refractivity contribution in [2.45, 2.75) is 0 Å². The summed E-state index contributed by atoms with van der Waals surface area (Å²) in [7, 11) is 0. The Balaban J connectivity index is 1.79.